The number of hydrogen-bond acceptors (Lipinski definition) is 2. The Balaban J connectivity index is 2.99. The molecule has 0 aliphatic carbocycles. The molecule has 0 aliphatic rings. The van der Waals surface area contributed by atoms with E-state index in [0.717, 1.165) is 0 Å². The maximum atomic E-state index is 12.7. The van der Waals surface area contributed by atoms with Crippen LogP contribution in [0.15, 0.2) is 16.5 Å². The molecule has 1 aromatic heterocycles. The van der Waals surface area contributed by atoms with Crippen molar-refractivity contribution in [2.75, 3.05) is 0 Å². The predicted octanol–water partition coefficient (Wildman–Crippen LogP) is 2.83. The van der Waals surface area contributed by atoms with Gasteiger partial charge in [0, 0.05) is 4.08 Å². The molecule has 0 atom stereocenters. The zero-order chi connectivity index (χ0) is 8.27. The van der Waals surface area contributed by atoms with Gasteiger partial charge in [0.25, 0.3) is 0 Å². The van der Waals surface area contributed by atoms with Gasteiger partial charge < -0.3 is 0 Å². The molecule has 1 rings (SSSR count). The summed E-state index contributed by atoms with van der Waals surface area (Å²) in [7, 11) is 0. The largest absolute Gasteiger partial charge is 0.249 e. The summed E-state index contributed by atoms with van der Waals surface area (Å²) in [6, 6.07) is 0. The minimum atomic E-state index is -0.408. The monoisotopic (exact) mass is 284 g/mol. The van der Waals surface area contributed by atoms with Crippen LogP contribution in [-0.2, 0) is 0 Å². The highest BCUT2D eigenvalue weighted by Crippen LogP contribution is 2.14. The molecule has 0 radical (unpaired) electrons. The minimum absolute atomic E-state index is 0.198. The van der Waals surface area contributed by atoms with Crippen molar-refractivity contribution in [1.82, 2.24) is 9.97 Å². The second-order valence-corrected chi connectivity index (χ2v) is 2.69. The van der Waals surface area contributed by atoms with Crippen LogP contribution in [0.4, 0.5) is 4.39 Å². The Morgan fingerprint density at radius 1 is 1.55 bits per heavy atom. The second kappa shape index (κ2) is 3.96. The van der Waals surface area contributed by atoms with Gasteiger partial charge in [-0.15, -0.1) is 0 Å². The Morgan fingerprint density at radius 2 is 2.27 bits per heavy atom. The minimum Gasteiger partial charge on any atom is -0.249 e. The number of halogens is 3. The van der Waals surface area contributed by atoms with E-state index in [-0.39, 0.29) is 10.8 Å². The van der Waals surface area contributed by atoms with Crippen LogP contribution in [0.1, 0.15) is 5.69 Å². The maximum absolute atomic E-state index is 12.7. The van der Waals surface area contributed by atoms with E-state index in [9.17, 15) is 4.39 Å². The van der Waals surface area contributed by atoms with Crippen LogP contribution in [0.3, 0.4) is 0 Å². The Labute approximate surface area is 81.6 Å². The molecule has 0 saturated heterocycles. The fraction of sp³-hybridized carbons (Fsp3) is 0. The quantitative estimate of drug-likeness (QED) is 0.741. The molecule has 0 unspecified atom stereocenters. The number of hydrogen-bond donors (Lipinski definition) is 0. The Hall–Kier alpha value is -0.230. The first-order valence-electron chi connectivity index (χ1n) is 2.68. The molecule has 0 amide bonds. The van der Waals surface area contributed by atoms with Gasteiger partial charge in [-0.05, 0) is 22.6 Å². The van der Waals surface area contributed by atoms with E-state index in [4.69, 9.17) is 11.6 Å². The number of nitrogens with zero attached hydrogens (tertiary/aromatic N) is 2. The zero-order valence-electron chi connectivity index (χ0n) is 5.26. The summed E-state index contributed by atoms with van der Waals surface area (Å²) >= 11 is 7.23. The van der Waals surface area contributed by atoms with E-state index in [2.05, 4.69) is 9.97 Å². The van der Waals surface area contributed by atoms with Gasteiger partial charge in [-0.25, -0.2) is 14.4 Å². The van der Waals surface area contributed by atoms with Crippen molar-refractivity contribution in [1.29, 1.82) is 0 Å². The zero-order valence-corrected chi connectivity index (χ0v) is 8.17. The molecule has 0 aromatic carbocycles. The van der Waals surface area contributed by atoms with Gasteiger partial charge in [0.15, 0.2) is 5.83 Å². The van der Waals surface area contributed by atoms with Crippen LogP contribution >= 0.6 is 34.2 Å². The standard InChI is InChI=1S/C6H3ClFIN2/c7-6-3-10-5(2-11-6)4(8)1-9/h1-3H/b4-1+. The molecule has 1 heterocycles. The van der Waals surface area contributed by atoms with Crippen molar-refractivity contribution >= 4 is 40.0 Å². The fourth-order valence-electron chi connectivity index (χ4n) is 0.492. The molecular weight excluding hydrogens is 281 g/mol. The van der Waals surface area contributed by atoms with E-state index >= 15 is 0 Å². The van der Waals surface area contributed by atoms with Gasteiger partial charge in [-0.2, -0.15) is 0 Å². The summed E-state index contributed by atoms with van der Waals surface area (Å²) in [5, 5.41) is 0.259. The Kier molecular flexibility index (Phi) is 3.19. The van der Waals surface area contributed by atoms with Crippen LogP contribution in [-0.4, -0.2) is 9.97 Å². The summed E-state index contributed by atoms with van der Waals surface area (Å²) in [6.07, 6.45) is 2.59. The van der Waals surface area contributed by atoms with Crippen molar-refractivity contribution in [3.63, 3.8) is 0 Å². The van der Waals surface area contributed by atoms with E-state index in [1.807, 2.05) is 0 Å². The molecule has 58 valence electrons. The molecule has 0 spiro atoms. The first-order chi connectivity index (χ1) is 5.24. The summed E-state index contributed by atoms with van der Waals surface area (Å²) in [5.41, 5.74) is 0.198. The summed E-state index contributed by atoms with van der Waals surface area (Å²) in [6.45, 7) is 0. The molecule has 11 heavy (non-hydrogen) atoms. The maximum Gasteiger partial charge on any atom is 0.156 e. The normalized spacial score (nSPS) is 11.7. The van der Waals surface area contributed by atoms with Gasteiger partial charge in [0.2, 0.25) is 0 Å². The average molecular weight is 284 g/mol. The van der Waals surface area contributed by atoms with Crippen molar-refractivity contribution < 1.29 is 4.39 Å². The smallest absolute Gasteiger partial charge is 0.156 e. The van der Waals surface area contributed by atoms with Crippen LogP contribution < -0.4 is 0 Å². The second-order valence-electron chi connectivity index (χ2n) is 1.68. The van der Waals surface area contributed by atoms with E-state index < -0.39 is 5.83 Å². The molecule has 0 saturated carbocycles. The molecule has 5 heteroatoms. The molecule has 0 aliphatic heterocycles. The summed E-state index contributed by atoms with van der Waals surface area (Å²) in [5.74, 6) is -0.408. The molecule has 0 fully saturated rings. The predicted molar refractivity (Wildman–Crippen MR) is 50.1 cm³/mol. The third-order valence-corrected chi connectivity index (χ3v) is 1.70. The third-order valence-electron chi connectivity index (χ3n) is 0.961. The lowest BCUT2D eigenvalue weighted by Crippen LogP contribution is -1.85. The lowest BCUT2D eigenvalue weighted by atomic mass is 10.4. The summed E-state index contributed by atoms with van der Waals surface area (Å²) in [4.78, 5) is 7.37. The topological polar surface area (TPSA) is 25.8 Å². The van der Waals surface area contributed by atoms with Crippen molar-refractivity contribution in [2.45, 2.75) is 0 Å². The highest BCUT2D eigenvalue weighted by molar-refractivity contribution is 14.1. The van der Waals surface area contributed by atoms with Gasteiger partial charge in [-0.1, -0.05) is 11.6 Å². The van der Waals surface area contributed by atoms with E-state index in [0.29, 0.717) is 0 Å². The first kappa shape index (κ1) is 8.86. The molecule has 0 bridgehead atoms. The van der Waals surface area contributed by atoms with E-state index in [1.165, 1.54) is 16.5 Å². The van der Waals surface area contributed by atoms with Crippen LogP contribution in [0, 0.1) is 0 Å². The van der Waals surface area contributed by atoms with Crippen molar-refractivity contribution in [3.05, 3.63) is 27.3 Å². The third kappa shape index (κ3) is 2.37. The van der Waals surface area contributed by atoms with Gasteiger partial charge >= 0.3 is 0 Å². The van der Waals surface area contributed by atoms with Crippen LogP contribution in [0.5, 0.6) is 0 Å². The average Bonchev–Trinajstić information content (AvgIpc) is 2.05. The van der Waals surface area contributed by atoms with E-state index in [1.54, 1.807) is 22.6 Å². The van der Waals surface area contributed by atoms with Gasteiger partial charge in [0.1, 0.15) is 10.8 Å². The fourth-order valence-corrected chi connectivity index (χ4v) is 0.908. The lowest BCUT2D eigenvalue weighted by Gasteiger charge is -1.93. The van der Waals surface area contributed by atoms with Crippen LogP contribution in [0.2, 0.25) is 5.15 Å². The highest BCUT2D eigenvalue weighted by atomic mass is 127. The molecule has 0 N–H and O–H groups in total. The Morgan fingerprint density at radius 3 is 2.73 bits per heavy atom. The number of aromatic nitrogens is 2. The summed E-state index contributed by atoms with van der Waals surface area (Å²) < 4.78 is 14.0. The SMILES string of the molecule is F/C(=C/I)c1cnc(Cl)cn1. The number of rotatable bonds is 1. The molecule has 1 aromatic rings. The molecule has 2 nitrogen and oxygen atoms in total. The Bertz CT molecular complexity index is 272. The van der Waals surface area contributed by atoms with Crippen molar-refractivity contribution in [3.8, 4) is 0 Å². The first-order valence-corrected chi connectivity index (χ1v) is 4.30. The molecular formula is C6H3ClFIN2. The highest BCUT2D eigenvalue weighted by Gasteiger charge is 2.00. The van der Waals surface area contributed by atoms with Gasteiger partial charge in [0.05, 0.1) is 12.4 Å². The van der Waals surface area contributed by atoms with Crippen LogP contribution in [0.25, 0.3) is 5.83 Å². The lowest BCUT2D eigenvalue weighted by molar-refractivity contribution is 0.753. The van der Waals surface area contributed by atoms with Crippen molar-refractivity contribution in [2.24, 2.45) is 0 Å². The van der Waals surface area contributed by atoms with Gasteiger partial charge in [-0.3, -0.25) is 0 Å².